The van der Waals surface area contributed by atoms with Gasteiger partial charge in [-0.3, -0.25) is 0 Å². The molecule has 24 heavy (non-hydrogen) atoms. The summed E-state index contributed by atoms with van der Waals surface area (Å²) in [6.07, 6.45) is 0. The van der Waals surface area contributed by atoms with Crippen LogP contribution in [0.3, 0.4) is 0 Å². The van der Waals surface area contributed by atoms with Crippen LogP contribution in [-0.2, 0) is 12.4 Å². The Bertz CT molecular complexity index is 812. The van der Waals surface area contributed by atoms with Crippen LogP contribution in [0.25, 0.3) is 0 Å². The van der Waals surface area contributed by atoms with E-state index >= 15 is 0 Å². The average molecular weight is 340 g/mol. The van der Waals surface area contributed by atoms with Crippen molar-refractivity contribution in [2.24, 2.45) is 0 Å². The van der Waals surface area contributed by atoms with E-state index in [1.54, 1.807) is 0 Å². The molecule has 0 saturated carbocycles. The molecule has 0 N–H and O–H groups in total. The molecule has 0 radical (unpaired) electrons. The van der Waals surface area contributed by atoms with Gasteiger partial charge in [-0.25, -0.2) is 0 Å². The predicted octanol–water partition coefficient (Wildman–Crippen LogP) is 4.87. The summed E-state index contributed by atoms with van der Waals surface area (Å²) >= 11 is 1.53. The molecule has 2 aromatic carbocycles. The summed E-state index contributed by atoms with van der Waals surface area (Å²) in [6.45, 7) is 6.42. The highest BCUT2D eigenvalue weighted by Crippen LogP contribution is 2.23. The first-order valence-corrected chi connectivity index (χ1v) is 8.79. The SMILES string of the molecule is Cc1ccc(CSc2nnc(COc3cc(C)ccc3C)o2)cc1. The van der Waals surface area contributed by atoms with Gasteiger partial charge >= 0.3 is 0 Å². The Labute approximate surface area is 146 Å². The minimum absolute atomic E-state index is 0.280. The topological polar surface area (TPSA) is 48.2 Å². The molecule has 0 unspecified atom stereocenters. The van der Waals surface area contributed by atoms with Gasteiger partial charge in [0.05, 0.1) is 0 Å². The number of hydrogen-bond donors (Lipinski definition) is 0. The number of thioether (sulfide) groups is 1. The van der Waals surface area contributed by atoms with E-state index in [2.05, 4.69) is 47.5 Å². The second-order valence-corrected chi connectivity index (χ2v) is 6.72. The van der Waals surface area contributed by atoms with Crippen molar-refractivity contribution in [2.45, 2.75) is 38.4 Å². The lowest BCUT2D eigenvalue weighted by Gasteiger charge is -2.07. The Kier molecular flexibility index (Phi) is 5.20. The molecule has 0 aliphatic rings. The van der Waals surface area contributed by atoms with Crippen LogP contribution in [0.15, 0.2) is 52.1 Å². The van der Waals surface area contributed by atoms with Gasteiger partial charge in [-0.05, 0) is 43.5 Å². The van der Waals surface area contributed by atoms with Crippen molar-refractivity contribution < 1.29 is 9.15 Å². The van der Waals surface area contributed by atoms with E-state index in [0.717, 1.165) is 22.6 Å². The zero-order chi connectivity index (χ0) is 16.9. The molecule has 5 heteroatoms. The average Bonchev–Trinajstić information content (AvgIpc) is 3.03. The lowest BCUT2D eigenvalue weighted by Crippen LogP contribution is -1.97. The maximum Gasteiger partial charge on any atom is 0.277 e. The van der Waals surface area contributed by atoms with Gasteiger partial charge in [-0.2, -0.15) is 0 Å². The molecule has 1 heterocycles. The largest absolute Gasteiger partial charge is 0.484 e. The first-order chi connectivity index (χ1) is 11.6. The summed E-state index contributed by atoms with van der Waals surface area (Å²) in [5.41, 5.74) is 4.74. The minimum Gasteiger partial charge on any atom is -0.484 e. The second kappa shape index (κ2) is 7.53. The van der Waals surface area contributed by atoms with E-state index in [9.17, 15) is 0 Å². The highest BCUT2D eigenvalue weighted by Gasteiger charge is 2.09. The maximum atomic E-state index is 5.79. The Morgan fingerprint density at radius 3 is 2.50 bits per heavy atom. The zero-order valence-electron chi connectivity index (χ0n) is 14.1. The zero-order valence-corrected chi connectivity index (χ0v) is 14.9. The number of aryl methyl sites for hydroxylation is 3. The third kappa shape index (κ3) is 4.38. The fourth-order valence-corrected chi connectivity index (χ4v) is 2.92. The molecule has 0 spiro atoms. The van der Waals surface area contributed by atoms with Crippen LogP contribution in [0.4, 0.5) is 0 Å². The van der Waals surface area contributed by atoms with E-state index in [0.29, 0.717) is 11.1 Å². The van der Waals surface area contributed by atoms with E-state index in [-0.39, 0.29) is 6.61 Å². The lowest BCUT2D eigenvalue weighted by molar-refractivity contribution is 0.250. The Morgan fingerprint density at radius 1 is 0.958 bits per heavy atom. The first-order valence-electron chi connectivity index (χ1n) is 7.81. The molecule has 0 amide bonds. The molecular weight excluding hydrogens is 320 g/mol. The molecule has 1 aromatic heterocycles. The van der Waals surface area contributed by atoms with Gasteiger partial charge in [-0.1, -0.05) is 53.7 Å². The van der Waals surface area contributed by atoms with Crippen LogP contribution in [-0.4, -0.2) is 10.2 Å². The van der Waals surface area contributed by atoms with Crippen LogP contribution in [0, 0.1) is 20.8 Å². The second-order valence-electron chi connectivity index (χ2n) is 5.79. The number of hydrogen-bond acceptors (Lipinski definition) is 5. The summed E-state index contributed by atoms with van der Waals surface area (Å²) in [7, 11) is 0. The number of benzene rings is 2. The molecule has 0 saturated heterocycles. The smallest absolute Gasteiger partial charge is 0.277 e. The lowest BCUT2D eigenvalue weighted by atomic mass is 10.1. The quantitative estimate of drug-likeness (QED) is 0.599. The van der Waals surface area contributed by atoms with Crippen molar-refractivity contribution in [1.82, 2.24) is 10.2 Å². The first kappa shape index (κ1) is 16.6. The molecule has 0 aliphatic heterocycles. The molecule has 3 rings (SSSR count). The molecule has 0 fully saturated rings. The van der Waals surface area contributed by atoms with Crippen molar-refractivity contribution in [2.75, 3.05) is 0 Å². The Balaban J connectivity index is 1.55. The van der Waals surface area contributed by atoms with Gasteiger partial charge in [0.2, 0.25) is 0 Å². The minimum atomic E-state index is 0.280. The van der Waals surface area contributed by atoms with Gasteiger partial charge in [-0.15, -0.1) is 10.2 Å². The number of rotatable bonds is 6. The molecule has 3 aromatic rings. The Morgan fingerprint density at radius 2 is 1.71 bits per heavy atom. The van der Waals surface area contributed by atoms with Crippen LogP contribution >= 0.6 is 11.8 Å². The van der Waals surface area contributed by atoms with E-state index in [4.69, 9.17) is 9.15 Å². The molecule has 124 valence electrons. The van der Waals surface area contributed by atoms with Gasteiger partial charge < -0.3 is 9.15 Å². The third-order valence-corrected chi connectivity index (χ3v) is 4.52. The van der Waals surface area contributed by atoms with Crippen LogP contribution < -0.4 is 4.74 Å². The Hall–Kier alpha value is -2.27. The van der Waals surface area contributed by atoms with Crippen molar-refractivity contribution in [3.63, 3.8) is 0 Å². The predicted molar refractivity (Wildman–Crippen MR) is 95.3 cm³/mol. The van der Waals surface area contributed by atoms with Crippen LogP contribution in [0.5, 0.6) is 5.75 Å². The van der Waals surface area contributed by atoms with Gasteiger partial charge in [0.15, 0.2) is 6.61 Å². The number of aromatic nitrogens is 2. The van der Waals surface area contributed by atoms with E-state index in [1.807, 2.05) is 26.0 Å². The van der Waals surface area contributed by atoms with E-state index < -0.39 is 0 Å². The van der Waals surface area contributed by atoms with Crippen LogP contribution in [0.1, 0.15) is 28.1 Å². The van der Waals surface area contributed by atoms with Gasteiger partial charge in [0.25, 0.3) is 11.1 Å². The third-order valence-electron chi connectivity index (χ3n) is 3.63. The van der Waals surface area contributed by atoms with Gasteiger partial charge in [0.1, 0.15) is 5.75 Å². The van der Waals surface area contributed by atoms with Crippen molar-refractivity contribution in [3.05, 3.63) is 70.6 Å². The summed E-state index contributed by atoms with van der Waals surface area (Å²) < 4.78 is 11.4. The number of ether oxygens (including phenoxy) is 1. The summed E-state index contributed by atoms with van der Waals surface area (Å²) in [6, 6.07) is 14.6. The van der Waals surface area contributed by atoms with Crippen molar-refractivity contribution in [1.29, 1.82) is 0 Å². The highest BCUT2D eigenvalue weighted by molar-refractivity contribution is 7.98. The van der Waals surface area contributed by atoms with Crippen molar-refractivity contribution in [3.8, 4) is 5.75 Å². The molecule has 4 nitrogen and oxygen atoms in total. The summed E-state index contributed by atoms with van der Waals surface area (Å²) in [4.78, 5) is 0. The fraction of sp³-hybridized carbons (Fsp3) is 0.263. The van der Waals surface area contributed by atoms with Crippen molar-refractivity contribution >= 4 is 11.8 Å². The molecule has 0 bridgehead atoms. The number of nitrogens with zero attached hydrogens (tertiary/aromatic N) is 2. The van der Waals surface area contributed by atoms with Gasteiger partial charge in [0, 0.05) is 5.75 Å². The molecule has 0 atom stereocenters. The fourth-order valence-electron chi connectivity index (χ4n) is 2.19. The molecular formula is C19H20N2O2S. The summed E-state index contributed by atoms with van der Waals surface area (Å²) in [5, 5.41) is 8.68. The summed E-state index contributed by atoms with van der Waals surface area (Å²) in [5.74, 6) is 2.14. The highest BCUT2D eigenvalue weighted by atomic mass is 32.2. The standard InChI is InChI=1S/C19H20N2O2S/c1-13-5-8-16(9-6-13)12-24-19-21-20-18(23-19)11-22-17-10-14(2)4-7-15(17)3/h4-10H,11-12H2,1-3H3. The maximum absolute atomic E-state index is 5.79. The normalized spacial score (nSPS) is 10.8. The molecule has 0 aliphatic carbocycles. The van der Waals surface area contributed by atoms with Crippen LogP contribution in [0.2, 0.25) is 0 Å². The van der Waals surface area contributed by atoms with E-state index in [1.165, 1.54) is 22.9 Å². The monoisotopic (exact) mass is 340 g/mol.